The smallest absolute Gasteiger partial charge is 0.474 e. The monoisotopic (exact) mass is 304 g/mol. The molecule has 102 valence electrons. The highest BCUT2D eigenvalue weighted by molar-refractivity contribution is 7.99. The number of aromatic hydroxyl groups is 1. The maximum atomic E-state index is 12.6. The molecule has 0 saturated carbocycles. The SMILES string of the molecule is O=[P+](c1ccccc1)N1CCSc2ccc(O)cc2C1. The predicted molar refractivity (Wildman–Crippen MR) is 82.9 cm³/mol. The predicted octanol–water partition coefficient (Wildman–Crippen LogP) is 3.37. The molecule has 5 heteroatoms. The van der Waals surface area contributed by atoms with Crippen LogP contribution in [0.2, 0.25) is 0 Å². The van der Waals surface area contributed by atoms with Crippen molar-refractivity contribution in [2.75, 3.05) is 12.3 Å². The Balaban J connectivity index is 1.87. The lowest BCUT2D eigenvalue weighted by molar-refractivity contribution is 0.442. The molecule has 0 radical (unpaired) electrons. The van der Waals surface area contributed by atoms with Crippen molar-refractivity contribution in [3.05, 3.63) is 54.1 Å². The second-order valence-corrected chi connectivity index (χ2v) is 7.40. The summed E-state index contributed by atoms with van der Waals surface area (Å²) in [4.78, 5) is 1.17. The van der Waals surface area contributed by atoms with Crippen LogP contribution < -0.4 is 5.30 Å². The van der Waals surface area contributed by atoms with Crippen molar-refractivity contribution >= 4 is 25.0 Å². The molecule has 1 N–H and O–H groups in total. The van der Waals surface area contributed by atoms with Gasteiger partial charge in [-0.15, -0.1) is 11.8 Å². The summed E-state index contributed by atoms with van der Waals surface area (Å²) in [6.45, 7) is 1.39. The topological polar surface area (TPSA) is 40.5 Å². The van der Waals surface area contributed by atoms with Gasteiger partial charge in [-0.1, -0.05) is 22.9 Å². The lowest BCUT2D eigenvalue weighted by atomic mass is 10.2. The van der Waals surface area contributed by atoms with Crippen LogP contribution in [0.5, 0.6) is 5.75 Å². The Morgan fingerprint density at radius 2 is 1.95 bits per heavy atom. The van der Waals surface area contributed by atoms with E-state index in [1.165, 1.54) is 4.90 Å². The normalized spacial score (nSPS) is 16.3. The van der Waals surface area contributed by atoms with E-state index in [9.17, 15) is 9.67 Å². The minimum absolute atomic E-state index is 0.265. The Hall–Kier alpha value is -1.35. The molecule has 3 rings (SSSR count). The summed E-state index contributed by atoms with van der Waals surface area (Å²) >= 11 is 1.75. The number of benzene rings is 2. The molecule has 3 nitrogen and oxygen atoms in total. The summed E-state index contributed by atoms with van der Waals surface area (Å²) in [7, 11) is -1.56. The molecule has 2 aromatic rings. The third kappa shape index (κ3) is 2.88. The van der Waals surface area contributed by atoms with Crippen molar-refractivity contribution in [1.82, 2.24) is 4.67 Å². The maximum Gasteiger partial charge on any atom is 0.474 e. The van der Waals surface area contributed by atoms with E-state index in [1.807, 2.05) is 41.1 Å². The quantitative estimate of drug-likeness (QED) is 0.864. The standard InChI is InChI=1S/C15H14NO2PS/c17-13-6-7-15-12(10-13)11-16(8-9-20-15)19(18)14-4-2-1-3-5-14/h1-7,10H,8-9,11H2/p+1. The second-order valence-electron chi connectivity index (χ2n) is 4.64. The van der Waals surface area contributed by atoms with Gasteiger partial charge in [0.15, 0.2) is 0 Å². The third-order valence-corrected chi connectivity index (χ3v) is 5.93. The second kappa shape index (κ2) is 5.96. The Morgan fingerprint density at radius 3 is 2.75 bits per heavy atom. The van der Waals surface area contributed by atoms with Crippen molar-refractivity contribution in [2.24, 2.45) is 0 Å². The molecule has 1 heterocycles. The molecule has 0 saturated heterocycles. The van der Waals surface area contributed by atoms with E-state index in [0.29, 0.717) is 6.54 Å². The number of phenols is 1. The average molecular weight is 304 g/mol. The molecule has 0 aromatic heterocycles. The van der Waals surface area contributed by atoms with Gasteiger partial charge in [-0.25, -0.2) is 0 Å². The highest BCUT2D eigenvalue weighted by Crippen LogP contribution is 2.36. The Labute approximate surface area is 123 Å². The van der Waals surface area contributed by atoms with E-state index in [0.717, 1.165) is 23.2 Å². The zero-order valence-corrected chi connectivity index (χ0v) is 12.6. The van der Waals surface area contributed by atoms with Crippen LogP contribution in [0, 0.1) is 0 Å². The first-order valence-corrected chi connectivity index (χ1v) is 8.66. The molecule has 1 aliphatic heterocycles. The summed E-state index contributed by atoms with van der Waals surface area (Å²) in [6.07, 6.45) is 0. The molecule has 1 aliphatic rings. The van der Waals surface area contributed by atoms with E-state index in [2.05, 4.69) is 0 Å². The largest absolute Gasteiger partial charge is 0.508 e. The van der Waals surface area contributed by atoms with Gasteiger partial charge >= 0.3 is 7.95 Å². The van der Waals surface area contributed by atoms with Crippen LogP contribution in [0.1, 0.15) is 5.56 Å². The van der Waals surface area contributed by atoms with Crippen molar-refractivity contribution in [3.63, 3.8) is 0 Å². The van der Waals surface area contributed by atoms with E-state index in [4.69, 9.17) is 0 Å². The number of fused-ring (bicyclic) bond motifs is 1. The number of hydrogen-bond donors (Lipinski definition) is 1. The molecular formula is C15H15NO2PS+. The molecular weight excluding hydrogens is 289 g/mol. The van der Waals surface area contributed by atoms with Crippen molar-refractivity contribution in [1.29, 1.82) is 0 Å². The maximum absolute atomic E-state index is 12.6. The van der Waals surface area contributed by atoms with Crippen LogP contribution in [0.15, 0.2) is 53.4 Å². The summed E-state index contributed by atoms with van der Waals surface area (Å²) in [5.74, 6) is 1.17. The number of nitrogens with zero attached hydrogens (tertiary/aromatic N) is 1. The van der Waals surface area contributed by atoms with E-state index >= 15 is 0 Å². The molecule has 1 atom stereocenters. The highest BCUT2D eigenvalue weighted by Gasteiger charge is 2.32. The van der Waals surface area contributed by atoms with Gasteiger partial charge in [0, 0.05) is 10.6 Å². The van der Waals surface area contributed by atoms with Gasteiger partial charge in [-0.3, -0.25) is 0 Å². The summed E-state index contributed by atoms with van der Waals surface area (Å²) in [5.41, 5.74) is 1.05. The lowest BCUT2D eigenvalue weighted by Gasteiger charge is -2.08. The third-order valence-electron chi connectivity index (χ3n) is 3.24. The first kappa shape index (κ1) is 13.6. The van der Waals surface area contributed by atoms with Gasteiger partial charge in [0.25, 0.3) is 0 Å². The fraction of sp³-hybridized carbons (Fsp3) is 0.200. The Bertz CT molecular complexity index is 633. The number of phenolic OH excluding ortho intramolecular Hbond substituents is 1. The molecule has 0 amide bonds. The summed E-state index contributed by atoms with van der Waals surface area (Å²) < 4.78 is 14.6. The molecule has 1 unspecified atom stereocenters. The fourth-order valence-electron chi connectivity index (χ4n) is 2.24. The van der Waals surface area contributed by atoms with Gasteiger partial charge in [0.2, 0.25) is 5.30 Å². The Morgan fingerprint density at radius 1 is 1.15 bits per heavy atom. The molecule has 0 fully saturated rings. The van der Waals surface area contributed by atoms with Gasteiger partial charge in [-0.05, 0) is 40.5 Å². The molecule has 0 bridgehead atoms. The molecule has 0 aliphatic carbocycles. The van der Waals surface area contributed by atoms with Gasteiger partial charge in [0.1, 0.15) is 5.75 Å². The van der Waals surface area contributed by atoms with E-state index in [-0.39, 0.29) is 5.75 Å². The molecule has 20 heavy (non-hydrogen) atoms. The van der Waals surface area contributed by atoms with Crippen molar-refractivity contribution in [3.8, 4) is 5.75 Å². The van der Waals surface area contributed by atoms with Gasteiger partial charge < -0.3 is 5.11 Å². The van der Waals surface area contributed by atoms with Crippen LogP contribution in [-0.4, -0.2) is 22.1 Å². The highest BCUT2D eigenvalue weighted by atomic mass is 32.2. The van der Waals surface area contributed by atoms with Crippen LogP contribution in [0.25, 0.3) is 0 Å². The molecule has 2 aromatic carbocycles. The lowest BCUT2D eigenvalue weighted by Crippen LogP contribution is -2.20. The van der Waals surface area contributed by atoms with Gasteiger partial charge in [0.05, 0.1) is 13.1 Å². The van der Waals surface area contributed by atoms with Crippen molar-refractivity contribution in [2.45, 2.75) is 11.4 Å². The minimum atomic E-state index is -1.56. The van der Waals surface area contributed by atoms with E-state index < -0.39 is 7.95 Å². The summed E-state index contributed by atoms with van der Waals surface area (Å²) in [5, 5.41) is 10.5. The number of hydrogen-bond acceptors (Lipinski definition) is 3. The zero-order valence-electron chi connectivity index (χ0n) is 10.9. The fourth-order valence-corrected chi connectivity index (χ4v) is 4.70. The summed E-state index contributed by atoms with van der Waals surface area (Å²) in [6, 6.07) is 15.0. The molecule has 0 spiro atoms. The van der Waals surface area contributed by atoms with Crippen LogP contribution in [-0.2, 0) is 11.1 Å². The first-order valence-electron chi connectivity index (χ1n) is 6.46. The zero-order chi connectivity index (χ0) is 13.9. The minimum Gasteiger partial charge on any atom is -0.508 e. The van der Waals surface area contributed by atoms with Crippen LogP contribution in [0.3, 0.4) is 0 Å². The van der Waals surface area contributed by atoms with E-state index in [1.54, 1.807) is 23.9 Å². The number of rotatable bonds is 2. The number of thioether (sulfide) groups is 1. The van der Waals surface area contributed by atoms with Crippen LogP contribution >= 0.6 is 19.7 Å². The Kier molecular flexibility index (Phi) is 4.06. The van der Waals surface area contributed by atoms with Gasteiger partial charge in [-0.2, -0.15) is 0 Å². The average Bonchev–Trinajstić information content (AvgIpc) is 2.69. The van der Waals surface area contributed by atoms with Crippen molar-refractivity contribution < 1.29 is 9.67 Å². The van der Waals surface area contributed by atoms with Crippen LogP contribution in [0.4, 0.5) is 0 Å². The first-order chi connectivity index (χ1) is 9.74.